The minimum absolute atomic E-state index is 0.0593. The van der Waals surface area contributed by atoms with Crippen molar-refractivity contribution < 1.29 is 9.53 Å². The number of carbonyl (C=O) groups is 1. The molecule has 2 aromatic carbocycles. The third-order valence-corrected chi connectivity index (χ3v) is 7.74. The summed E-state index contributed by atoms with van der Waals surface area (Å²) in [5.74, 6) is 0.394. The number of nitrogens with one attached hydrogen (secondary N) is 1. The molecule has 2 heterocycles. The minimum atomic E-state index is -0.319. The number of anilines is 1. The van der Waals surface area contributed by atoms with Crippen LogP contribution >= 0.6 is 11.6 Å². The Bertz CT molecular complexity index is 1550. The number of carbonyl (C=O) groups excluding carboxylic acids is 1. The zero-order chi connectivity index (χ0) is 27.0. The summed E-state index contributed by atoms with van der Waals surface area (Å²) in [6, 6.07) is 12.1. The number of nitriles is 1. The number of fused-ring (bicyclic) bond motifs is 1. The van der Waals surface area contributed by atoms with Crippen molar-refractivity contribution in [3.8, 4) is 11.8 Å². The minimum Gasteiger partial charge on any atom is -0.493 e. The number of nitrogens with zero attached hydrogens (tertiary/aromatic N) is 4. The lowest BCUT2D eigenvalue weighted by Gasteiger charge is -2.19. The third-order valence-electron chi connectivity index (χ3n) is 7.43. The van der Waals surface area contributed by atoms with Crippen LogP contribution in [-0.4, -0.2) is 46.7 Å². The molecule has 1 aliphatic heterocycles. The van der Waals surface area contributed by atoms with E-state index < -0.39 is 0 Å². The summed E-state index contributed by atoms with van der Waals surface area (Å²) in [7, 11) is 1.96. The van der Waals surface area contributed by atoms with Gasteiger partial charge >= 0.3 is 5.69 Å². The van der Waals surface area contributed by atoms with Crippen LogP contribution in [0.5, 0.6) is 5.75 Å². The third kappa shape index (κ3) is 5.19. The van der Waals surface area contributed by atoms with E-state index in [0.29, 0.717) is 71.6 Å². The van der Waals surface area contributed by atoms with Crippen LogP contribution in [0.2, 0.25) is 5.02 Å². The lowest BCUT2D eigenvalue weighted by Crippen LogP contribution is -2.40. The van der Waals surface area contributed by atoms with Crippen molar-refractivity contribution in [2.75, 3.05) is 32.1 Å². The maximum atomic E-state index is 13.3. The largest absolute Gasteiger partial charge is 0.493 e. The Hall–Kier alpha value is -3.61. The number of rotatable bonds is 8. The van der Waals surface area contributed by atoms with Gasteiger partial charge in [0.15, 0.2) is 0 Å². The van der Waals surface area contributed by atoms with E-state index in [2.05, 4.69) is 10.2 Å². The number of aromatic nitrogens is 2. The second-order valence-electron chi connectivity index (χ2n) is 10.3. The van der Waals surface area contributed by atoms with Crippen LogP contribution in [0, 0.1) is 29.1 Å². The average molecular weight is 536 g/mol. The SMILES string of the molecule is CCn1c(=O)n(CC2CC2)c(=O)c2cc(NC(=O)C3CN(C)CC3COc3ccc(C#N)c(Cl)c3)ccc21. The van der Waals surface area contributed by atoms with E-state index in [1.54, 1.807) is 41.0 Å². The number of likely N-dealkylation sites (tertiary alicyclic amines) is 1. The van der Waals surface area contributed by atoms with Gasteiger partial charge in [-0.2, -0.15) is 5.26 Å². The second-order valence-corrected chi connectivity index (χ2v) is 10.7. The highest BCUT2D eigenvalue weighted by Crippen LogP contribution is 2.30. The van der Waals surface area contributed by atoms with Gasteiger partial charge < -0.3 is 15.0 Å². The zero-order valence-corrected chi connectivity index (χ0v) is 22.2. The summed E-state index contributed by atoms with van der Waals surface area (Å²) >= 11 is 6.12. The first-order valence-corrected chi connectivity index (χ1v) is 13.3. The Morgan fingerprint density at radius 3 is 2.63 bits per heavy atom. The molecule has 1 saturated heterocycles. The summed E-state index contributed by atoms with van der Waals surface area (Å²) in [6.07, 6.45) is 2.07. The predicted molar refractivity (Wildman–Crippen MR) is 146 cm³/mol. The van der Waals surface area contributed by atoms with Crippen molar-refractivity contribution in [1.29, 1.82) is 5.26 Å². The summed E-state index contributed by atoms with van der Waals surface area (Å²) in [5, 5.41) is 12.8. The van der Waals surface area contributed by atoms with Gasteiger partial charge in [0.25, 0.3) is 5.56 Å². The number of aryl methyl sites for hydroxylation is 1. The quantitative estimate of drug-likeness (QED) is 0.474. The van der Waals surface area contributed by atoms with E-state index in [0.717, 1.165) is 12.8 Å². The molecule has 2 unspecified atom stereocenters. The topological polar surface area (TPSA) is 109 Å². The molecule has 2 atom stereocenters. The average Bonchev–Trinajstić information content (AvgIpc) is 3.65. The Morgan fingerprint density at radius 2 is 1.95 bits per heavy atom. The van der Waals surface area contributed by atoms with Crippen LogP contribution in [0.3, 0.4) is 0 Å². The maximum absolute atomic E-state index is 13.3. The first-order valence-electron chi connectivity index (χ1n) is 12.9. The number of hydrogen-bond donors (Lipinski definition) is 1. The number of benzene rings is 2. The number of amides is 1. The Kier molecular flexibility index (Phi) is 7.28. The van der Waals surface area contributed by atoms with Crippen LogP contribution < -0.4 is 21.3 Å². The van der Waals surface area contributed by atoms with E-state index in [-0.39, 0.29) is 29.0 Å². The lowest BCUT2D eigenvalue weighted by molar-refractivity contribution is -0.120. The fourth-order valence-electron chi connectivity index (χ4n) is 5.19. The van der Waals surface area contributed by atoms with Crippen molar-refractivity contribution in [2.24, 2.45) is 17.8 Å². The van der Waals surface area contributed by atoms with Crippen molar-refractivity contribution in [3.05, 3.63) is 67.8 Å². The molecule has 198 valence electrons. The highest BCUT2D eigenvalue weighted by Gasteiger charge is 2.36. The summed E-state index contributed by atoms with van der Waals surface area (Å²) in [4.78, 5) is 41.6. The molecule has 0 spiro atoms. The van der Waals surface area contributed by atoms with Crippen molar-refractivity contribution in [3.63, 3.8) is 0 Å². The molecule has 38 heavy (non-hydrogen) atoms. The smallest absolute Gasteiger partial charge is 0.331 e. The van der Waals surface area contributed by atoms with Crippen LogP contribution in [0.4, 0.5) is 5.69 Å². The fourth-order valence-corrected chi connectivity index (χ4v) is 5.41. The Balaban J connectivity index is 1.35. The van der Waals surface area contributed by atoms with Gasteiger partial charge in [-0.25, -0.2) is 4.79 Å². The Morgan fingerprint density at radius 1 is 1.16 bits per heavy atom. The molecule has 9 nitrogen and oxygen atoms in total. The standard InChI is InChI=1S/C28H30ClN5O4/c1-3-33-25-9-7-20(10-22(25)27(36)34(28(33)37)13-17-4-5-17)31-26(35)23-15-32(2)14-19(23)16-38-21-8-6-18(12-30)24(29)11-21/h6-11,17,19,23H,3-5,13-16H2,1-2H3,(H,31,35). The van der Waals surface area contributed by atoms with Crippen molar-refractivity contribution in [1.82, 2.24) is 14.0 Å². The molecule has 1 amide bonds. The molecule has 5 rings (SSSR count). The van der Waals surface area contributed by atoms with Gasteiger partial charge in [-0.1, -0.05) is 11.6 Å². The molecule has 10 heteroatoms. The molecule has 1 aromatic heterocycles. The van der Waals surface area contributed by atoms with Gasteiger partial charge in [0, 0.05) is 43.9 Å². The van der Waals surface area contributed by atoms with Crippen molar-refractivity contribution >= 4 is 34.1 Å². The highest BCUT2D eigenvalue weighted by atomic mass is 35.5. The van der Waals surface area contributed by atoms with Gasteiger partial charge in [-0.15, -0.1) is 0 Å². The zero-order valence-electron chi connectivity index (χ0n) is 21.4. The molecule has 2 fully saturated rings. The molecule has 0 bridgehead atoms. The fraction of sp³-hybridized carbons (Fsp3) is 0.429. The summed E-state index contributed by atoms with van der Waals surface area (Å²) < 4.78 is 8.88. The van der Waals surface area contributed by atoms with Gasteiger partial charge in [0.2, 0.25) is 5.91 Å². The van der Waals surface area contributed by atoms with E-state index in [1.807, 2.05) is 20.0 Å². The Labute approximate surface area is 225 Å². The molecule has 0 radical (unpaired) electrons. The van der Waals surface area contributed by atoms with Crippen LogP contribution in [0.25, 0.3) is 10.9 Å². The monoisotopic (exact) mass is 535 g/mol. The van der Waals surface area contributed by atoms with Gasteiger partial charge in [-0.3, -0.25) is 18.7 Å². The predicted octanol–water partition coefficient (Wildman–Crippen LogP) is 3.31. The number of hydrogen-bond acceptors (Lipinski definition) is 6. The molecular weight excluding hydrogens is 506 g/mol. The summed E-state index contributed by atoms with van der Waals surface area (Å²) in [6.45, 7) is 4.35. The number of ether oxygens (including phenoxy) is 1. The molecular formula is C28H30ClN5O4. The molecule has 3 aromatic rings. The maximum Gasteiger partial charge on any atom is 0.331 e. The van der Waals surface area contributed by atoms with E-state index >= 15 is 0 Å². The van der Waals surface area contributed by atoms with E-state index in [4.69, 9.17) is 21.6 Å². The normalized spacial score (nSPS) is 19.4. The molecule has 2 aliphatic rings. The second kappa shape index (κ2) is 10.6. The van der Waals surface area contributed by atoms with Crippen LogP contribution in [0.1, 0.15) is 25.3 Å². The van der Waals surface area contributed by atoms with Gasteiger partial charge in [0.05, 0.1) is 34.0 Å². The van der Waals surface area contributed by atoms with Gasteiger partial charge in [0.1, 0.15) is 11.8 Å². The van der Waals surface area contributed by atoms with E-state index in [1.165, 1.54) is 4.57 Å². The van der Waals surface area contributed by atoms with Crippen LogP contribution in [0.15, 0.2) is 46.0 Å². The van der Waals surface area contributed by atoms with Crippen LogP contribution in [-0.2, 0) is 17.9 Å². The molecule has 1 aliphatic carbocycles. The van der Waals surface area contributed by atoms with E-state index in [9.17, 15) is 14.4 Å². The van der Waals surface area contributed by atoms with Crippen molar-refractivity contribution in [2.45, 2.75) is 32.9 Å². The highest BCUT2D eigenvalue weighted by molar-refractivity contribution is 6.31. The molecule has 1 saturated carbocycles. The lowest BCUT2D eigenvalue weighted by atomic mass is 9.96. The van der Waals surface area contributed by atoms with Gasteiger partial charge in [-0.05, 0) is 63.1 Å². The summed E-state index contributed by atoms with van der Waals surface area (Å²) in [5.41, 5.74) is 0.870. The molecule has 1 N–H and O–H groups in total. The number of halogens is 1. The first kappa shape index (κ1) is 26.0. The first-order chi connectivity index (χ1) is 18.3.